The molecule has 5 atom stereocenters. The Morgan fingerprint density at radius 3 is 2.32 bits per heavy atom. The highest BCUT2D eigenvalue weighted by molar-refractivity contribution is 6.07. The summed E-state index contributed by atoms with van der Waals surface area (Å²) >= 11 is 0. The maximum atomic E-state index is 14.4. The lowest BCUT2D eigenvalue weighted by Crippen LogP contribution is -2.55. The number of anilines is 2. The van der Waals surface area contributed by atoms with Crippen LogP contribution in [0.15, 0.2) is 78.9 Å². The third-order valence-corrected chi connectivity index (χ3v) is 8.67. The second kappa shape index (κ2) is 11.1. The Morgan fingerprint density at radius 1 is 0.878 bits per heavy atom. The third kappa shape index (κ3) is 4.53. The van der Waals surface area contributed by atoms with Gasteiger partial charge in [0.05, 0.1) is 25.0 Å². The number of rotatable bonds is 8. The average molecular weight is 558 g/mol. The Kier molecular flexibility index (Phi) is 7.40. The van der Waals surface area contributed by atoms with Crippen LogP contribution in [0.1, 0.15) is 19.3 Å². The molecule has 0 saturated carbocycles. The Labute approximate surface area is 239 Å². The molecule has 1 spiro atoms. The lowest BCUT2D eigenvalue weighted by atomic mass is 9.77. The van der Waals surface area contributed by atoms with Gasteiger partial charge in [0.15, 0.2) is 0 Å². The number of aliphatic hydroxyl groups is 1. The molecule has 4 aliphatic heterocycles. The van der Waals surface area contributed by atoms with Crippen LogP contribution in [0.3, 0.4) is 0 Å². The van der Waals surface area contributed by atoms with Gasteiger partial charge in [0.2, 0.25) is 11.8 Å². The zero-order chi connectivity index (χ0) is 28.6. The van der Waals surface area contributed by atoms with Gasteiger partial charge in [0.1, 0.15) is 17.4 Å². The number of hydrogen-bond acceptors (Lipinski definition) is 6. The Hall–Kier alpha value is -3.95. The topological polar surface area (TPSA) is 99.6 Å². The van der Waals surface area contributed by atoms with Crippen LogP contribution in [-0.2, 0) is 19.1 Å². The average Bonchev–Trinajstić information content (AvgIpc) is 3.30. The molecule has 1 unspecified atom stereocenters. The largest absolute Gasteiger partial charge is 0.497 e. The van der Waals surface area contributed by atoms with E-state index >= 15 is 0 Å². The molecule has 41 heavy (non-hydrogen) atoms. The minimum Gasteiger partial charge on any atom is -0.497 e. The minimum atomic E-state index is -1.28. The predicted octanol–water partition coefficient (Wildman–Crippen LogP) is 2.94. The number of para-hydroxylation sites is 1. The number of unbranched alkanes of at least 4 members (excludes halogenated alkanes) is 2. The lowest BCUT2D eigenvalue weighted by molar-refractivity contribution is -0.140. The van der Waals surface area contributed by atoms with Crippen LogP contribution in [0.5, 0.6) is 5.75 Å². The molecule has 0 bridgehead atoms. The molecule has 0 aromatic heterocycles. The zero-order valence-corrected chi connectivity index (χ0v) is 23.1. The van der Waals surface area contributed by atoms with Crippen LogP contribution in [0.25, 0.3) is 0 Å². The van der Waals surface area contributed by atoms with E-state index in [9.17, 15) is 19.5 Å². The van der Waals surface area contributed by atoms with Crippen LogP contribution in [0.2, 0.25) is 0 Å². The number of likely N-dealkylation sites (tertiary alicyclic amines) is 1. The molecule has 9 heteroatoms. The van der Waals surface area contributed by atoms with Gasteiger partial charge in [-0.05, 0) is 55.7 Å². The summed E-state index contributed by atoms with van der Waals surface area (Å²) in [7, 11) is 1.59. The number of ether oxygens (including phenoxy) is 2. The highest BCUT2D eigenvalue weighted by atomic mass is 16.5. The van der Waals surface area contributed by atoms with Gasteiger partial charge in [-0.3, -0.25) is 14.4 Å². The number of methoxy groups -OCH3 is 1. The summed E-state index contributed by atoms with van der Waals surface area (Å²) < 4.78 is 12.0. The maximum Gasteiger partial charge on any atom is 0.253 e. The fourth-order valence-corrected chi connectivity index (χ4v) is 6.78. The number of fused-ring (bicyclic) bond motifs is 2. The number of benzene rings is 2. The molecule has 4 aliphatic rings. The van der Waals surface area contributed by atoms with E-state index in [0.29, 0.717) is 50.3 Å². The number of amides is 3. The van der Waals surface area contributed by atoms with Crippen molar-refractivity contribution in [3.8, 4) is 5.75 Å². The number of carbonyl (C=O) groups is 3. The highest BCUT2D eigenvalue weighted by Gasteiger charge is 2.71. The summed E-state index contributed by atoms with van der Waals surface area (Å²) in [5.41, 5.74) is 0.165. The fraction of sp³-hybridized carbons (Fsp3) is 0.406. The SMILES string of the molecule is COc1ccc(N2CC=C[C@]34O[C@@H]5C=CCN(c6ccccc6)C(=O)[C@@H]5[C@H]3C(=O)N(CCCCCO)C4C2=O)cc1. The van der Waals surface area contributed by atoms with Crippen molar-refractivity contribution in [2.75, 3.05) is 43.2 Å². The summed E-state index contributed by atoms with van der Waals surface area (Å²) in [5, 5.41) is 9.28. The van der Waals surface area contributed by atoms with Crippen molar-refractivity contribution in [3.05, 3.63) is 78.9 Å². The molecule has 6 rings (SSSR count). The second-order valence-corrected chi connectivity index (χ2v) is 10.9. The van der Waals surface area contributed by atoms with Crippen molar-refractivity contribution >= 4 is 29.1 Å². The summed E-state index contributed by atoms with van der Waals surface area (Å²) in [5.74, 6) is -1.59. The first-order valence-electron chi connectivity index (χ1n) is 14.3. The van der Waals surface area contributed by atoms with E-state index in [1.165, 1.54) is 0 Å². The van der Waals surface area contributed by atoms with Crippen molar-refractivity contribution < 1.29 is 29.0 Å². The Bertz CT molecular complexity index is 1360. The van der Waals surface area contributed by atoms with E-state index < -0.39 is 29.6 Å². The molecule has 9 nitrogen and oxygen atoms in total. The van der Waals surface area contributed by atoms with Gasteiger partial charge in [0, 0.05) is 37.6 Å². The van der Waals surface area contributed by atoms with Crippen LogP contribution in [0, 0.1) is 11.8 Å². The fourth-order valence-electron chi connectivity index (χ4n) is 6.78. The molecule has 3 amide bonds. The van der Waals surface area contributed by atoms with Crippen molar-refractivity contribution in [1.29, 1.82) is 0 Å². The normalized spacial score (nSPS) is 28.8. The summed E-state index contributed by atoms with van der Waals surface area (Å²) in [4.78, 5) is 47.9. The molecule has 1 N–H and O–H groups in total. The molecule has 214 valence electrons. The lowest BCUT2D eigenvalue weighted by Gasteiger charge is -2.35. The molecule has 2 saturated heterocycles. The molecule has 2 fully saturated rings. The molecular formula is C32H35N3O6. The monoisotopic (exact) mass is 557 g/mol. The van der Waals surface area contributed by atoms with Crippen LogP contribution in [-0.4, -0.2) is 78.8 Å². The van der Waals surface area contributed by atoms with Gasteiger partial charge in [-0.25, -0.2) is 0 Å². The van der Waals surface area contributed by atoms with Crippen molar-refractivity contribution in [2.45, 2.75) is 37.0 Å². The summed E-state index contributed by atoms with van der Waals surface area (Å²) in [6.45, 7) is 1.09. The van der Waals surface area contributed by atoms with E-state index in [0.717, 1.165) is 5.69 Å². The van der Waals surface area contributed by atoms with Crippen molar-refractivity contribution in [1.82, 2.24) is 4.90 Å². The Balaban J connectivity index is 1.40. The van der Waals surface area contributed by atoms with Crippen molar-refractivity contribution in [3.63, 3.8) is 0 Å². The van der Waals surface area contributed by atoms with E-state index in [1.54, 1.807) is 33.9 Å². The van der Waals surface area contributed by atoms with E-state index in [2.05, 4.69) is 0 Å². The van der Waals surface area contributed by atoms with Crippen LogP contribution < -0.4 is 14.5 Å². The number of aliphatic hydroxyl groups excluding tert-OH is 1. The molecular weight excluding hydrogens is 522 g/mol. The number of carbonyl (C=O) groups excluding carboxylic acids is 3. The van der Waals surface area contributed by atoms with E-state index in [-0.39, 0.29) is 24.3 Å². The van der Waals surface area contributed by atoms with Gasteiger partial charge in [-0.15, -0.1) is 0 Å². The smallest absolute Gasteiger partial charge is 0.253 e. The Morgan fingerprint density at radius 2 is 1.59 bits per heavy atom. The van der Waals surface area contributed by atoms with Crippen LogP contribution in [0.4, 0.5) is 11.4 Å². The number of hydrogen-bond donors (Lipinski definition) is 1. The molecule has 2 aromatic rings. The first-order valence-corrected chi connectivity index (χ1v) is 14.3. The highest BCUT2D eigenvalue weighted by Crippen LogP contribution is 2.54. The van der Waals surface area contributed by atoms with E-state index in [1.807, 2.05) is 66.8 Å². The first kappa shape index (κ1) is 27.2. The summed E-state index contributed by atoms with van der Waals surface area (Å²) in [6.07, 6.45) is 8.85. The van der Waals surface area contributed by atoms with Gasteiger partial charge in [-0.2, -0.15) is 0 Å². The van der Waals surface area contributed by atoms with E-state index in [4.69, 9.17) is 9.47 Å². The summed E-state index contributed by atoms with van der Waals surface area (Å²) in [6, 6.07) is 15.7. The molecule has 0 radical (unpaired) electrons. The molecule has 0 aliphatic carbocycles. The minimum absolute atomic E-state index is 0.0693. The maximum absolute atomic E-state index is 14.4. The first-order chi connectivity index (χ1) is 20.0. The van der Waals surface area contributed by atoms with Gasteiger partial charge < -0.3 is 29.3 Å². The molecule has 2 aromatic carbocycles. The standard InChI is InChI=1S/C32H35N3O6/c1-40-24-15-13-23(14-16-24)34-20-9-17-32-27(30(38)35(28(32)31(34)39)18-6-3-7-21-36)26-25(41-32)12-8-19-33(29(26)37)22-10-4-2-5-11-22/h2,4-5,8-17,25-28,36H,3,6-7,18-21H2,1H3/t25-,26+,27+,28?,32+/m1/s1. The zero-order valence-electron chi connectivity index (χ0n) is 23.1. The second-order valence-electron chi connectivity index (χ2n) is 10.9. The van der Waals surface area contributed by atoms with Gasteiger partial charge in [0.25, 0.3) is 5.91 Å². The van der Waals surface area contributed by atoms with Crippen molar-refractivity contribution in [2.24, 2.45) is 11.8 Å². The van der Waals surface area contributed by atoms with Crippen LogP contribution >= 0.6 is 0 Å². The molecule has 4 heterocycles. The van der Waals surface area contributed by atoms with Gasteiger partial charge >= 0.3 is 0 Å². The van der Waals surface area contributed by atoms with Gasteiger partial charge in [-0.1, -0.05) is 42.5 Å². The number of nitrogens with zero attached hydrogens (tertiary/aromatic N) is 3. The third-order valence-electron chi connectivity index (χ3n) is 8.67. The predicted molar refractivity (Wildman–Crippen MR) is 153 cm³/mol. The quantitative estimate of drug-likeness (QED) is 0.396.